The van der Waals surface area contributed by atoms with Crippen LogP contribution in [0.4, 0.5) is 11.4 Å². The molecule has 2 aromatic carbocycles. The zero-order valence-electron chi connectivity index (χ0n) is 17.1. The summed E-state index contributed by atoms with van der Waals surface area (Å²) in [6, 6.07) is 12.0. The van der Waals surface area contributed by atoms with Gasteiger partial charge in [-0.05, 0) is 43.7 Å². The topological polar surface area (TPSA) is 138 Å². The Morgan fingerprint density at radius 1 is 1.16 bits per heavy atom. The van der Waals surface area contributed by atoms with E-state index in [1.54, 1.807) is 32.0 Å². The predicted octanol–water partition coefficient (Wildman–Crippen LogP) is 4.14. The number of fused-ring (bicyclic) bond motifs is 1. The quantitative estimate of drug-likeness (QED) is 0.271. The van der Waals surface area contributed by atoms with Crippen LogP contribution >= 0.6 is 0 Å². The largest absolute Gasteiger partial charge is 0.489 e. The number of hydrogen-bond acceptors (Lipinski definition) is 8. The summed E-state index contributed by atoms with van der Waals surface area (Å²) in [6.07, 6.45) is 0. The Morgan fingerprint density at radius 3 is 2.62 bits per heavy atom. The Hall–Kier alpha value is -4.47. The van der Waals surface area contributed by atoms with Crippen molar-refractivity contribution in [2.75, 3.05) is 5.32 Å². The molecule has 4 rings (SSSR count). The van der Waals surface area contributed by atoms with E-state index in [4.69, 9.17) is 13.7 Å². The molecule has 0 radical (unpaired) electrons. The molecule has 0 bridgehead atoms. The van der Waals surface area contributed by atoms with Crippen LogP contribution in [0.2, 0.25) is 0 Å². The van der Waals surface area contributed by atoms with E-state index in [1.165, 1.54) is 30.3 Å². The summed E-state index contributed by atoms with van der Waals surface area (Å²) >= 11 is 0. The lowest BCUT2D eigenvalue weighted by Crippen LogP contribution is -2.15. The lowest BCUT2D eigenvalue weighted by atomic mass is 10.1. The second-order valence-electron chi connectivity index (χ2n) is 7.02. The zero-order chi connectivity index (χ0) is 22.8. The number of anilines is 1. The van der Waals surface area contributed by atoms with Gasteiger partial charge in [0.15, 0.2) is 5.69 Å². The maximum atomic E-state index is 12.8. The summed E-state index contributed by atoms with van der Waals surface area (Å²) in [5.74, 6) is 0.262. The second kappa shape index (κ2) is 8.34. The highest BCUT2D eigenvalue weighted by Gasteiger charge is 2.21. The number of nitrogens with one attached hydrogen (secondary N) is 1. The third kappa shape index (κ3) is 4.19. The summed E-state index contributed by atoms with van der Waals surface area (Å²) in [5, 5.41) is 18.0. The SMILES string of the molecule is Cc1onc(C(=O)Nc2ccc3c(C)cc(=O)oc3c2)c1COc1ccc([N+](=O)[O-])cc1. The van der Waals surface area contributed by atoms with E-state index in [9.17, 15) is 19.7 Å². The molecule has 0 aliphatic heterocycles. The minimum absolute atomic E-state index is 0.0261. The van der Waals surface area contributed by atoms with Crippen LogP contribution in [0.15, 0.2) is 62.3 Å². The van der Waals surface area contributed by atoms with E-state index in [0.717, 1.165) is 10.9 Å². The Balaban J connectivity index is 1.52. The Labute approximate surface area is 180 Å². The fraction of sp³-hybridized carbons (Fsp3) is 0.136. The van der Waals surface area contributed by atoms with Gasteiger partial charge in [0, 0.05) is 35.3 Å². The number of rotatable bonds is 6. The van der Waals surface area contributed by atoms with Gasteiger partial charge in [0.1, 0.15) is 23.7 Å². The minimum atomic E-state index is -0.529. The van der Waals surface area contributed by atoms with Crippen molar-refractivity contribution in [2.24, 2.45) is 0 Å². The number of amides is 1. The van der Waals surface area contributed by atoms with Crippen molar-refractivity contribution in [3.8, 4) is 5.75 Å². The van der Waals surface area contributed by atoms with Crippen molar-refractivity contribution in [1.82, 2.24) is 5.16 Å². The molecule has 4 aromatic rings. The molecule has 32 heavy (non-hydrogen) atoms. The van der Waals surface area contributed by atoms with Gasteiger partial charge < -0.3 is 19.0 Å². The molecule has 0 spiro atoms. The number of carbonyl (C=O) groups excluding carboxylic acids is 1. The number of aryl methyl sites for hydroxylation is 2. The molecule has 0 aliphatic carbocycles. The van der Waals surface area contributed by atoms with Crippen LogP contribution < -0.4 is 15.7 Å². The van der Waals surface area contributed by atoms with Gasteiger partial charge in [-0.15, -0.1) is 0 Å². The first-order valence-electron chi connectivity index (χ1n) is 9.50. The van der Waals surface area contributed by atoms with E-state index in [0.29, 0.717) is 28.3 Å². The second-order valence-corrected chi connectivity index (χ2v) is 7.02. The van der Waals surface area contributed by atoms with E-state index in [1.807, 2.05) is 0 Å². The molecule has 1 N–H and O–H groups in total. The molecule has 0 atom stereocenters. The predicted molar refractivity (Wildman–Crippen MR) is 114 cm³/mol. The average Bonchev–Trinajstić information content (AvgIpc) is 3.12. The number of ether oxygens (including phenoxy) is 1. The van der Waals surface area contributed by atoms with Crippen LogP contribution in [0.5, 0.6) is 5.75 Å². The smallest absolute Gasteiger partial charge is 0.336 e. The van der Waals surface area contributed by atoms with Gasteiger partial charge in [0.05, 0.1) is 10.5 Å². The number of carbonyl (C=O) groups is 1. The highest BCUT2D eigenvalue weighted by molar-refractivity contribution is 6.04. The first-order valence-corrected chi connectivity index (χ1v) is 9.50. The Kier molecular flexibility index (Phi) is 5.42. The zero-order valence-corrected chi connectivity index (χ0v) is 17.1. The number of nitro groups is 1. The number of non-ortho nitro benzene ring substituents is 1. The third-order valence-corrected chi connectivity index (χ3v) is 4.84. The minimum Gasteiger partial charge on any atom is -0.489 e. The van der Waals surface area contributed by atoms with Gasteiger partial charge in [-0.3, -0.25) is 14.9 Å². The Morgan fingerprint density at radius 2 is 1.91 bits per heavy atom. The van der Waals surface area contributed by atoms with Crippen molar-refractivity contribution in [3.05, 3.63) is 91.6 Å². The van der Waals surface area contributed by atoms with Gasteiger partial charge in [-0.25, -0.2) is 4.79 Å². The molecular formula is C22H17N3O7. The lowest BCUT2D eigenvalue weighted by molar-refractivity contribution is -0.384. The lowest BCUT2D eigenvalue weighted by Gasteiger charge is -2.08. The van der Waals surface area contributed by atoms with Crippen molar-refractivity contribution in [3.63, 3.8) is 0 Å². The van der Waals surface area contributed by atoms with Gasteiger partial charge in [0.25, 0.3) is 11.6 Å². The number of nitrogens with zero attached hydrogens (tertiary/aromatic N) is 2. The highest BCUT2D eigenvalue weighted by Crippen LogP contribution is 2.23. The van der Waals surface area contributed by atoms with Crippen LogP contribution in [0, 0.1) is 24.0 Å². The van der Waals surface area contributed by atoms with E-state index in [2.05, 4.69) is 10.5 Å². The molecule has 0 saturated carbocycles. The highest BCUT2D eigenvalue weighted by atomic mass is 16.6. The summed E-state index contributed by atoms with van der Waals surface area (Å²) in [7, 11) is 0. The summed E-state index contributed by atoms with van der Waals surface area (Å²) in [6.45, 7) is 3.42. The molecule has 0 unspecified atom stereocenters. The normalized spacial score (nSPS) is 10.8. The van der Waals surface area contributed by atoms with Crippen molar-refractivity contribution in [2.45, 2.75) is 20.5 Å². The number of aromatic nitrogens is 1. The van der Waals surface area contributed by atoms with Crippen LogP contribution in [0.25, 0.3) is 11.0 Å². The molecule has 1 amide bonds. The number of benzene rings is 2. The van der Waals surface area contributed by atoms with Gasteiger partial charge in [-0.1, -0.05) is 5.16 Å². The van der Waals surface area contributed by atoms with E-state index >= 15 is 0 Å². The molecule has 162 valence electrons. The number of hydrogen-bond donors (Lipinski definition) is 1. The Bertz CT molecular complexity index is 1390. The van der Waals surface area contributed by atoms with Gasteiger partial charge in [0.2, 0.25) is 0 Å². The average molecular weight is 435 g/mol. The molecule has 0 saturated heterocycles. The van der Waals surface area contributed by atoms with Crippen molar-refractivity contribution >= 4 is 28.3 Å². The van der Waals surface area contributed by atoms with E-state index in [-0.39, 0.29) is 18.0 Å². The van der Waals surface area contributed by atoms with Crippen LogP contribution in [-0.4, -0.2) is 16.0 Å². The third-order valence-electron chi connectivity index (χ3n) is 4.84. The first kappa shape index (κ1) is 20.8. The van der Waals surface area contributed by atoms with Crippen LogP contribution in [-0.2, 0) is 6.61 Å². The van der Waals surface area contributed by atoms with Crippen molar-refractivity contribution in [1.29, 1.82) is 0 Å². The maximum Gasteiger partial charge on any atom is 0.336 e. The van der Waals surface area contributed by atoms with Crippen LogP contribution in [0.3, 0.4) is 0 Å². The molecule has 2 heterocycles. The molecule has 0 fully saturated rings. The van der Waals surface area contributed by atoms with E-state index < -0.39 is 16.5 Å². The number of nitro benzene ring substituents is 1. The standard InChI is InChI=1S/C22H17N3O7/c1-12-9-20(26)31-19-10-14(3-8-17(12)19)23-22(27)21-18(13(2)32-24-21)11-30-16-6-4-15(5-7-16)25(28)29/h3-10H,11H2,1-2H3,(H,23,27). The maximum absolute atomic E-state index is 12.8. The summed E-state index contributed by atoms with van der Waals surface area (Å²) in [5.41, 5.74) is 1.48. The monoisotopic (exact) mass is 435 g/mol. The first-order chi connectivity index (χ1) is 15.3. The molecule has 10 nitrogen and oxygen atoms in total. The molecule has 10 heteroatoms. The molecule has 0 aliphatic rings. The molecule has 2 aromatic heterocycles. The fourth-order valence-electron chi connectivity index (χ4n) is 3.15. The van der Waals surface area contributed by atoms with Crippen molar-refractivity contribution < 1.29 is 23.4 Å². The van der Waals surface area contributed by atoms with Gasteiger partial charge in [-0.2, -0.15) is 0 Å². The molecular weight excluding hydrogens is 418 g/mol. The van der Waals surface area contributed by atoms with Crippen LogP contribution in [0.1, 0.15) is 27.4 Å². The summed E-state index contributed by atoms with van der Waals surface area (Å²) < 4.78 is 16.0. The fourth-order valence-corrected chi connectivity index (χ4v) is 3.15. The van der Waals surface area contributed by atoms with Gasteiger partial charge >= 0.3 is 5.63 Å². The summed E-state index contributed by atoms with van der Waals surface area (Å²) in [4.78, 5) is 34.7.